The topological polar surface area (TPSA) is 89.4 Å². The Hall–Kier alpha value is -1.10. The van der Waals surface area contributed by atoms with Gasteiger partial charge in [-0.3, -0.25) is 9.59 Å². The van der Waals surface area contributed by atoms with E-state index in [9.17, 15) is 9.59 Å². The van der Waals surface area contributed by atoms with Crippen LogP contribution < -0.4 is 11.5 Å². The Morgan fingerprint density at radius 1 is 1.21 bits per heavy atom. The van der Waals surface area contributed by atoms with Crippen LogP contribution in [-0.2, 0) is 9.59 Å². The van der Waals surface area contributed by atoms with Crippen molar-refractivity contribution in [1.82, 2.24) is 4.90 Å². The van der Waals surface area contributed by atoms with Crippen molar-refractivity contribution >= 4 is 11.8 Å². The van der Waals surface area contributed by atoms with Gasteiger partial charge in [-0.05, 0) is 31.6 Å². The fourth-order valence-electron chi connectivity index (χ4n) is 3.30. The molecule has 1 aliphatic carbocycles. The number of primary amides is 1. The van der Waals surface area contributed by atoms with Crippen molar-refractivity contribution < 1.29 is 9.59 Å². The second-order valence-electron chi connectivity index (χ2n) is 6.06. The van der Waals surface area contributed by atoms with E-state index in [2.05, 4.69) is 0 Å². The van der Waals surface area contributed by atoms with Crippen LogP contribution in [-0.4, -0.2) is 35.8 Å². The molecule has 0 aromatic rings. The average Bonchev–Trinajstić information content (AvgIpc) is 2.86. The van der Waals surface area contributed by atoms with E-state index >= 15 is 0 Å². The minimum Gasteiger partial charge on any atom is -0.369 e. The van der Waals surface area contributed by atoms with Crippen molar-refractivity contribution in [2.45, 2.75) is 51.0 Å². The van der Waals surface area contributed by atoms with Crippen LogP contribution >= 0.6 is 0 Å². The van der Waals surface area contributed by atoms with Gasteiger partial charge in [0, 0.05) is 25.6 Å². The summed E-state index contributed by atoms with van der Waals surface area (Å²) in [6, 6.07) is 0.319. The number of hydrogen-bond donors (Lipinski definition) is 2. The van der Waals surface area contributed by atoms with E-state index in [-0.39, 0.29) is 17.7 Å². The molecule has 1 heterocycles. The minimum absolute atomic E-state index is 0.146. The highest BCUT2D eigenvalue weighted by molar-refractivity contribution is 5.81. The summed E-state index contributed by atoms with van der Waals surface area (Å²) in [4.78, 5) is 25.0. The number of amides is 2. The summed E-state index contributed by atoms with van der Waals surface area (Å²) in [5, 5.41) is 0. The number of likely N-dealkylation sites (tertiary alicyclic amines) is 1. The predicted octanol–water partition coefficient (Wildman–Crippen LogP) is 0.618. The molecule has 5 heteroatoms. The highest BCUT2D eigenvalue weighted by atomic mass is 16.2. The van der Waals surface area contributed by atoms with Crippen LogP contribution in [0.1, 0.15) is 44.9 Å². The van der Waals surface area contributed by atoms with Gasteiger partial charge in [0.1, 0.15) is 0 Å². The molecule has 108 valence electrons. The van der Waals surface area contributed by atoms with E-state index in [1.54, 1.807) is 4.90 Å². The second kappa shape index (κ2) is 6.37. The Morgan fingerprint density at radius 2 is 2.00 bits per heavy atom. The molecular weight excluding hydrogens is 242 g/mol. The van der Waals surface area contributed by atoms with Crippen molar-refractivity contribution in [3.8, 4) is 0 Å². The lowest BCUT2D eigenvalue weighted by Gasteiger charge is -2.27. The van der Waals surface area contributed by atoms with Gasteiger partial charge in [0.15, 0.2) is 0 Å². The Labute approximate surface area is 114 Å². The van der Waals surface area contributed by atoms with Gasteiger partial charge in [-0.1, -0.05) is 12.8 Å². The summed E-state index contributed by atoms with van der Waals surface area (Å²) >= 11 is 0. The summed E-state index contributed by atoms with van der Waals surface area (Å²) in [6.07, 6.45) is 6.80. The molecule has 5 nitrogen and oxygen atoms in total. The van der Waals surface area contributed by atoms with Gasteiger partial charge in [-0.15, -0.1) is 0 Å². The third kappa shape index (κ3) is 3.93. The highest BCUT2D eigenvalue weighted by Gasteiger charge is 2.30. The number of nitrogens with zero attached hydrogens (tertiary/aromatic N) is 1. The Morgan fingerprint density at radius 3 is 2.63 bits per heavy atom. The normalized spacial score (nSPS) is 31.4. The van der Waals surface area contributed by atoms with Gasteiger partial charge < -0.3 is 16.4 Å². The molecule has 0 spiro atoms. The molecule has 1 aliphatic heterocycles. The van der Waals surface area contributed by atoms with E-state index in [4.69, 9.17) is 11.5 Å². The molecule has 3 atom stereocenters. The Bertz CT molecular complexity index is 346. The third-order valence-electron chi connectivity index (χ3n) is 4.53. The maximum atomic E-state index is 12.1. The molecule has 19 heavy (non-hydrogen) atoms. The molecule has 0 bridgehead atoms. The fourth-order valence-corrected chi connectivity index (χ4v) is 3.30. The maximum Gasteiger partial charge on any atom is 0.222 e. The molecule has 0 aromatic heterocycles. The molecule has 1 saturated carbocycles. The van der Waals surface area contributed by atoms with Crippen molar-refractivity contribution in [3.63, 3.8) is 0 Å². The molecule has 2 rings (SSSR count). The van der Waals surface area contributed by atoms with Crippen molar-refractivity contribution in [3.05, 3.63) is 0 Å². The standard InChI is InChI=1S/C14H25N3O2/c15-12-3-1-2-10(8-12)4-5-13(18)17-7-6-11(9-17)14(16)19/h10-12H,1-9,15H2,(H2,16,19). The first-order chi connectivity index (χ1) is 9.06. The van der Waals surface area contributed by atoms with Gasteiger partial charge in [-0.2, -0.15) is 0 Å². The number of rotatable bonds is 4. The first-order valence-electron chi connectivity index (χ1n) is 7.39. The third-order valence-corrected chi connectivity index (χ3v) is 4.53. The molecule has 2 fully saturated rings. The van der Waals surface area contributed by atoms with E-state index in [0.29, 0.717) is 31.5 Å². The zero-order valence-corrected chi connectivity index (χ0v) is 11.5. The van der Waals surface area contributed by atoms with Crippen LogP contribution in [0, 0.1) is 11.8 Å². The molecule has 3 unspecified atom stereocenters. The number of nitrogens with two attached hydrogens (primary N) is 2. The smallest absolute Gasteiger partial charge is 0.222 e. The monoisotopic (exact) mass is 267 g/mol. The maximum absolute atomic E-state index is 12.1. The van der Waals surface area contributed by atoms with E-state index in [0.717, 1.165) is 25.7 Å². The zero-order valence-electron chi connectivity index (χ0n) is 11.5. The van der Waals surface area contributed by atoms with Gasteiger partial charge in [0.05, 0.1) is 5.92 Å². The van der Waals surface area contributed by atoms with Crippen LogP contribution in [0.5, 0.6) is 0 Å². The van der Waals surface area contributed by atoms with Crippen LogP contribution in [0.4, 0.5) is 0 Å². The van der Waals surface area contributed by atoms with Crippen LogP contribution in [0.3, 0.4) is 0 Å². The van der Waals surface area contributed by atoms with E-state index in [1.165, 1.54) is 12.8 Å². The SMILES string of the molecule is NC(=O)C1CCN(C(=O)CCC2CCCC(N)C2)C1. The van der Waals surface area contributed by atoms with Gasteiger partial charge in [0.2, 0.25) is 11.8 Å². The summed E-state index contributed by atoms with van der Waals surface area (Å²) < 4.78 is 0. The summed E-state index contributed by atoms with van der Waals surface area (Å²) in [6.45, 7) is 1.19. The van der Waals surface area contributed by atoms with Gasteiger partial charge in [0.25, 0.3) is 0 Å². The van der Waals surface area contributed by atoms with E-state index in [1.807, 2.05) is 0 Å². The first-order valence-corrected chi connectivity index (χ1v) is 7.39. The van der Waals surface area contributed by atoms with Gasteiger partial charge in [-0.25, -0.2) is 0 Å². The van der Waals surface area contributed by atoms with Crippen LogP contribution in [0.25, 0.3) is 0 Å². The lowest BCUT2D eigenvalue weighted by molar-refractivity contribution is -0.130. The lowest BCUT2D eigenvalue weighted by atomic mass is 9.83. The largest absolute Gasteiger partial charge is 0.369 e. The number of carbonyl (C=O) groups excluding carboxylic acids is 2. The Kier molecular flexibility index (Phi) is 4.80. The molecule has 2 amide bonds. The molecule has 2 aliphatic rings. The first kappa shape index (κ1) is 14.3. The molecule has 0 radical (unpaired) electrons. The lowest BCUT2D eigenvalue weighted by Crippen LogP contribution is -2.32. The van der Waals surface area contributed by atoms with Crippen molar-refractivity contribution in [1.29, 1.82) is 0 Å². The molecule has 0 aromatic carbocycles. The number of carbonyl (C=O) groups is 2. The number of hydrogen-bond acceptors (Lipinski definition) is 3. The van der Waals surface area contributed by atoms with Crippen molar-refractivity contribution in [2.24, 2.45) is 23.3 Å². The zero-order chi connectivity index (χ0) is 13.8. The summed E-state index contributed by atoms with van der Waals surface area (Å²) in [5.74, 6) is 0.339. The fraction of sp³-hybridized carbons (Fsp3) is 0.857. The summed E-state index contributed by atoms with van der Waals surface area (Å²) in [7, 11) is 0. The van der Waals surface area contributed by atoms with Crippen LogP contribution in [0.15, 0.2) is 0 Å². The summed E-state index contributed by atoms with van der Waals surface area (Å²) in [5.41, 5.74) is 11.2. The highest BCUT2D eigenvalue weighted by Crippen LogP contribution is 2.27. The van der Waals surface area contributed by atoms with Crippen LogP contribution in [0.2, 0.25) is 0 Å². The quantitative estimate of drug-likeness (QED) is 0.782. The molecule has 1 saturated heterocycles. The Balaban J connectivity index is 1.71. The van der Waals surface area contributed by atoms with Crippen molar-refractivity contribution in [2.75, 3.05) is 13.1 Å². The average molecular weight is 267 g/mol. The minimum atomic E-state index is -0.284. The second-order valence-corrected chi connectivity index (χ2v) is 6.06. The predicted molar refractivity (Wildman–Crippen MR) is 73.0 cm³/mol. The molecule has 4 N–H and O–H groups in total. The van der Waals surface area contributed by atoms with E-state index < -0.39 is 0 Å². The van der Waals surface area contributed by atoms with Gasteiger partial charge >= 0.3 is 0 Å². The molecular formula is C14H25N3O2.